The lowest BCUT2D eigenvalue weighted by Gasteiger charge is -2.11. The fourth-order valence-electron chi connectivity index (χ4n) is 2.52. The molecular weight excluding hydrogens is 471 g/mol. The summed E-state index contributed by atoms with van der Waals surface area (Å²) >= 11 is 5.78. The van der Waals surface area contributed by atoms with Crippen molar-refractivity contribution in [2.24, 2.45) is 0 Å². The Hall–Kier alpha value is -3.67. The molecule has 0 bridgehead atoms. The molecule has 2 amide bonds. The van der Waals surface area contributed by atoms with Crippen LogP contribution in [-0.4, -0.2) is 29.3 Å². The van der Waals surface area contributed by atoms with Gasteiger partial charge in [0.2, 0.25) is 5.91 Å². The highest BCUT2D eigenvalue weighted by Crippen LogP contribution is 2.33. The Morgan fingerprint density at radius 2 is 1.76 bits per heavy atom. The molecule has 0 aliphatic carbocycles. The van der Waals surface area contributed by atoms with E-state index in [0.717, 1.165) is 18.2 Å². The van der Waals surface area contributed by atoms with Crippen LogP contribution in [-0.2, 0) is 25.3 Å². The van der Waals surface area contributed by atoms with Gasteiger partial charge < -0.3 is 15.4 Å². The number of aryl methyl sites for hydroxylation is 1. The van der Waals surface area contributed by atoms with Crippen molar-refractivity contribution in [1.82, 2.24) is 0 Å². The SMILES string of the molecule is Cc1ccc(NC(=O)COC(=O)CCC(=O)Nc2cc(C(F)(F)F)ccc2Cl)cc1[N+](=O)[O-]. The number of benzene rings is 2. The number of nitro benzene ring substituents is 1. The normalized spacial score (nSPS) is 10.9. The van der Waals surface area contributed by atoms with Gasteiger partial charge in [0.25, 0.3) is 11.6 Å². The number of amides is 2. The number of esters is 1. The van der Waals surface area contributed by atoms with Crippen molar-refractivity contribution in [2.45, 2.75) is 25.9 Å². The molecule has 0 aliphatic heterocycles. The van der Waals surface area contributed by atoms with Gasteiger partial charge in [-0.2, -0.15) is 13.2 Å². The summed E-state index contributed by atoms with van der Waals surface area (Å²) in [5.41, 5.74) is -0.945. The third-order valence-electron chi connectivity index (χ3n) is 4.18. The molecule has 176 valence electrons. The van der Waals surface area contributed by atoms with E-state index in [2.05, 4.69) is 10.6 Å². The van der Waals surface area contributed by atoms with E-state index < -0.39 is 53.9 Å². The van der Waals surface area contributed by atoms with Crippen molar-refractivity contribution < 1.29 is 37.2 Å². The fourth-order valence-corrected chi connectivity index (χ4v) is 2.69. The Labute approximate surface area is 190 Å². The maximum absolute atomic E-state index is 12.8. The standard InChI is InChI=1S/C20H17ClF3N3O6/c1-11-2-4-13(9-16(11)27(31)32)25-18(29)10-33-19(30)7-6-17(28)26-15-8-12(20(22,23)24)3-5-14(15)21/h2-5,8-9H,6-7,10H2,1H3,(H,25,29)(H,26,28). The van der Waals surface area contributed by atoms with E-state index in [4.69, 9.17) is 16.3 Å². The molecule has 0 fully saturated rings. The van der Waals surface area contributed by atoms with Crippen LogP contribution in [0, 0.1) is 17.0 Å². The largest absolute Gasteiger partial charge is 0.456 e. The third kappa shape index (κ3) is 7.75. The number of ether oxygens (including phenoxy) is 1. The number of anilines is 2. The van der Waals surface area contributed by atoms with Crippen molar-refractivity contribution >= 4 is 46.4 Å². The first kappa shape index (κ1) is 25.6. The number of carbonyl (C=O) groups is 3. The van der Waals surface area contributed by atoms with Gasteiger partial charge in [0.05, 0.1) is 27.6 Å². The predicted molar refractivity (Wildman–Crippen MR) is 112 cm³/mol. The van der Waals surface area contributed by atoms with E-state index in [1.54, 1.807) is 0 Å². The second-order valence-corrected chi connectivity index (χ2v) is 7.11. The van der Waals surface area contributed by atoms with Crippen molar-refractivity contribution in [1.29, 1.82) is 0 Å². The summed E-state index contributed by atoms with van der Waals surface area (Å²) in [4.78, 5) is 45.9. The van der Waals surface area contributed by atoms with Crippen LogP contribution >= 0.6 is 11.6 Å². The zero-order valence-corrected chi connectivity index (χ0v) is 17.7. The number of nitro groups is 1. The highest BCUT2D eigenvalue weighted by molar-refractivity contribution is 6.33. The summed E-state index contributed by atoms with van der Waals surface area (Å²) in [5, 5.41) is 15.3. The first-order chi connectivity index (χ1) is 15.4. The monoisotopic (exact) mass is 487 g/mol. The smallest absolute Gasteiger partial charge is 0.416 e. The topological polar surface area (TPSA) is 128 Å². The highest BCUT2D eigenvalue weighted by atomic mass is 35.5. The minimum atomic E-state index is -4.63. The van der Waals surface area contributed by atoms with E-state index in [-0.39, 0.29) is 22.1 Å². The first-order valence-electron chi connectivity index (χ1n) is 9.24. The van der Waals surface area contributed by atoms with Gasteiger partial charge in [0.15, 0.2) is 6.61 Å². The quantitative estimate of drug-likeness (QED) is 0.321. The maximum Gasteiger partial charge on any atom is 0.416 e. The Morgan fingerprint density at radius 3 is 2.39 bits per heavy atom. The lowest BCUT2D eigenvalue weighted by Crippen LogP contribution is -2.22. The van der Waals surface area contributed by atoms with Crippen molar-refractivity contribution in [3.63, 3.8) is 0 Å². The summed E-state index contributed by atoms with van der Waals surface area (Å²) in [5.74, 6) is -2.46. The molecule has 2 N–H and O–H groups in total. The zero-order valence-electron chi connectivity index (χ0n) is 17.0. The van der Waals surface area contributed by atoms with Crippen molar-refractivity contribution in [2.75, 3.05) is 17.2 Å². The van der Waals surface area contributed by atoms with E-state index in [1.165, 1.54) is 19.1 Å². The molecule has 2 aromatic carbocycles. The summed E-state index contributed by atoms with van der Waals surface area (Å²) < 4.78 is 43.0. The molecule has 2 rings (SSSR count). The fraction of sp³-hybridized carbons (Fsp3) is 0.250. The maximum atomic E-state index is 12.8. The van der Waals surface area contributed by atoms with Gasteiger partial charge in [-0.05, 0) is 31.2 Å². The zero-order chi connectivity index (χ0) is 24.8. The number of nitrogens with zero attached hydrogens (tertiary/aromatic N) is 1. The number of halogens is 4. The van der Waals surface area contributed by atoms with Gasteiger partial charge in [0.1, 0.15) is 0 Å². The summed E-state index contributed by atoms with van der Waals surface area (Å²) in [6.07, 6.45) is -5.51. The lowest BCUT2D eigenvalue weighted by molar-refractivity contribution is -0.385. The van der Waals surface area contributed by atoms with Crippen LogP contribution in [0.25, 0.3) is 0 Å². The average molecular weight is 488 g/mol. The highest BCUT2D eigenvalue weighted by Gasteiger charge is 2.31. The van der Waals surface area contributed by atoms with Gasteiger partial charge >= 0.3 is 12.1 Å². The number of hydrogen-bond acceptors (Lipinski definition) is 6. The molecule has 2 aromatic rings. The summed E-state index contributed by atoms with van der Waals surface area (Å²) in [6.45, 7) is 0.824. The molecule has 0 atom stereocenters. The van der Waals surface area contributed by atoms with Crippen LogP contribution in [0.5, 0.6) is 0 Å². The number of rotatable bonds is 8. The van der Waals surface area contributed by atoms with E-state index in [0.29, 0.717) is 11.6 Å². The third-order valence-corrected chi connectivity index (χ3v) is 4.51. The minimum Gasteiger partial charge on any atom is -0.456 e. The van der Waals surface area contributed by atoms with E-state index in [1.807, 2.05) is 0 Å². The Balaban J connectivity index is 1.81. The molecule has 0 unspecified atom stereocenters. The molecule has 33 heavy (non-hydrogen) atoms. The molecular formula is C20H17ClF3N3O6. The van der Waals surface area contributed by atoms with Crippen molar-refractivity contribution in [3.05, 3.63) is 62.7 Å². The molecule has 0 spiro atoms. The number of hydrogen-bond donors (Lipinski definition) is 2. The van der Waals surface area contributed by atoms with Crippen molar-refractivity contribution in [3.8, 4) is 0 Å². The molecule has 0 aromatic heterocycles. The van der Waals surface area contributed by atoms with Crippen LogP contribution in [0.1, 0.15) is 24.0 Å². The molecule has 0 saturated heterocycles. The predicted octanol–water partition coefficient (Wildman–Crippen LogP) is 4.48. The molecule has 0 radical (unpaired) electrons. The van der Waals surface area contributed by atoms with E-state index in [9.17, 15) is 37.7 Å². The molecule has 9 nitrogen and oxygen atoms in total. The Bertz CT molecular complexity index is 1090. The molecule has 13 heteroatoms. The first-order valence-corrected chi connectivity index (χ1v) is 9.61. The number of nitrogens with one attached hydrogen (secondary N) is 2. The average Bonchev–Trinajstić information content (AvgIpc) is 2.72. The lowest BCUT2D eigenvalue weighted by atomic mass is 10.2. The Morgan fingerprint density at radius 1 is 1.06 bits per heavy atom. The summed E-state index contributed by atoms with van der Waals surface area (Å²) in [6, 6.07) is 6.43. The number of alkyl halides is 3. The van der Waals surface area contributed by atoms with Crippen LogP contribution in [0.3, 0.4) is 0 Å². The van der Waals surface area contributed by atoms with Gasteiger partial charge in [-0.25, -0.2) is 0 Å². The van der Waals surface area contributed by atoms with Gasteiger partial charge in [-0.3, -0.25) is 24.5 Å². The second kappa shape index (κ2) is 10.8. The van der Waals surface area contributed by atoms with Crippen LogP contribution in [0.15, 0.2) is 36.4 Å². The van der Waals surface area contributed by atoms with Gasteiger partial charge in [0, 0.05) is 23.7 Å². The van der Waals surface area contributed by atoms with Gasteiger partial charge in [-0.1, -0.05) is 17.7 Å². The van der Waals surface area contributed by atoms with Crippen LogP contribution < -0.4 is 10.6 Å². The van der Waals surface area contributed by atoms with E-state index >= 15 is 0 Å². The molecule has 0 saturated carbocycles. The van der Waals surface area contributed by atoms with Crippen LogP contribution in [0.4, 0.5) is 30.2 Å². The van der Waals surface area contributed by atoms with Gasteiger partial charge in [-0.15, -0.1) is 0 Å². The minimum absolute atomic E-state index is 0.119. The molecule has 0 aliphatic rings. The summed E-state index contributed by atoms with van der Waals surface area (Å²) in [7, 11) is 0. The van der Waals surface area contributed by atoms with Crippen LogP contribution in [0.2, 0.25) is 5.02 Å². The molecule has 0 heterocycles. The Kier molecular flexibility index (Phi) is 8.35. The second-order valence-electron chi connectivity index (χ2n) is 6.71. The number of carbonyl (C=O) groups excluding carboxylic acids is 3.